The molecule has 1 fully saturated rings. The van der Waals surface area contributed by atoms with Crippen molar-refractivity contribution >= 4 is 27.5 Å². The summed E-state index contributed by atoms with van der Waals surface area (Å²) in [6.07, 6.45) is 1.31. The monoisotopic (exact) mass is 450 g/mol. The van der Waals surface area contributed by atoms with Gasteiger partial charge < -0.3 is 10.1 Å². The van der Waals surface area contributed by atoms with Crippen molar-refractivity contribution in [2.45, 2.75) is 31.6 Å². The topological polar surface area (TPSA) is 75.7 Å². The third kappa shape index (κ3) is 5.33. The zero-order valence-electron chi connectivity index (χ0n) is 17.2. The van der Waals surface area contributed by atoms with E-state index in [0.717, 1.165) is 16.9 Å². The zero-order valence-corrected chi connectivity index (χ0v) is 18.8. The highest BCUT2D eigenvalue weighted by atomic mass is 35.5. The molecule has 1 N–H and O–H groups in total. The molecule has 8 heteroatoms. The highest BCUT2D eigenvalue weighted by molar-refractivity contribution is 7.89. The average Bonchev–Trinajstić information content (AvgIpc) is 2.74. The predicted molar refractivity (Wildman–Crippen MR) is 117 cm³/mol. The van der Waals surface area contributed by atoms with Crippen molar-refractivity contribution in [3.8, 4) is 5.75 Å². The van der Waals surface area contributed by atoms with Crippen LogP contribution in [-0.2, 0) is 14.8 Å². The van der Waals surface area contributed by atoms with Gasteiger partial charge >= 0.3 is 0 Å². The number of hydrogen-bond acceptors (Lipinski definition) is 4. The average molecular weight is 451 g/mol. The highest BCUT2D eigenvalue weighted by Gasteiger charge is 2.33. The van der Waals surface area contributed by atoms with Gasteiger partial charge in [0.25, 0.3) is 0 Å². The van der Waals surface area contributed by atoms with Crippen LogP contribution in [0.5, 0.6) is 5.75 Å². The lowest BCUT2D eigenvalue weighted by Gasteiger charge is -2.31. The van der Waals surface area contributed by atoms with Crippen LogP contribution in [0.2, 0.25) is 5.02 Å². The number of nitrogens with one attached hydrogen (secondary N) is 1. The van der Waals surface area contributed by atoms with Crippen molar-refractivity contribution in [2.24, 2.45) is 5.92 Å². The minimum Gasteiger partial charge on any atom is -0.491 e. The van der Waals surface area contributed by atoms with Crippen molar-refractivity contribution in [3.05, 3.63) is 58.6 Å². The second kappa shape index (κ2) is 9.81. The van der Waals surface area contributed by atoms with Gasteiger partial charge in [0.05, 0.1) is 17.4 Å². The Kier molecular flexibility index (Phi) is 7.39. The number of carbonyl (C=O) groups excluding carboxylic acids is 1. The second-order valence-electron chi connectivity index (χ2n) is 7.49. The summed E-state index contributed by atoms with van der Waals surface area (Å²) in [5, 5.41) is 3.35. The van der Waals surface area contributed by atoms with Crippen LogP contribution in [0.3, 0.4) is 0 Å². The molecular formula is C22H27ClN2O4S. The Morgan fingerprint density at radius 1 is 1.20 bits per heavy atom. The summed E-state index contributed by atoms with van der Waals surface area (Å²) in [6, 6.07) is 12.0. The van der Waals surface area contributed by atoms with Gasteiger partial charge in [0.15, 0.2) is 0 Å². The fraction of sp³-hybridized carbons (Fsp3) is 0.409. The molecule has 2 aromatic carbocycles. The molecule has 0 radical (unpaired) electrons. The molecule has 1 aliphatic heterocycles. The lowest BCUT2D eigenvalue weighted by atomic mass is 9.99. The summed E-state index contributed by atoms with van der Waals surface area (Å²) in [4.78, 5) is 12.8. The number of amides is 1. The number of hydrogen-bond donors (Lipinski definition) is 1. The zero-order chi connectivity index (χ0) is 21.7. The Hall–Kier alpha value is -2.09. The van der Waals surface area contributed by atoms with E-state index in [1.54, 1.807) is 12.1 Å². The molecule has 1 heterocycles. The fourth-order valence-corrected chi connectivity index (χ4v) is 5.14. The first-order valence-corrected chi connectivity index (χ1v) is 11.8. The lowest BCUT2D eigenvalue weighted by molar-refractivity contribution is -0.126. The van der Waals surface area contributed by atoms with Gasteiger partial charge in [-0.2, -0.15) is 4.31 Å². The van der Waals surface area contributed by atoms with E-state index >= 15 is 0 Å². The number of nitrogens with zero attached hydrogens (tertiary/aromatic N) is 1. The van der Waals surface area contributed by atoms with E-state index in [-0.39, 0.29) is 23.3 Å². The number of aryl methyl sites for hydroxylation is 1. The molecule has 3 rings (SSSR count). The number of sulfonamides is 1. The van der Waals surface area contributed by atoms with Crippen molar-refractivity contribution < 1.29 is 17.9 Å². The van der Waals surface area contributed by atoms with E-state index in [1.807, 2.05) is 32.0 Å². The molecule has 0 aliphatic carbocycles. The third-order valence-electron chi connectivity index (χ3n) is 5.42. The minimum atomic E-state index is -3.65. The minimum absolute atomic E-state index is 0.143. The van der Waals surface area contributed by atoms with E-state index in [2.05, 4.69) is 5.32 Å². The normalized spacial score (nSPS) is 17.5. The Morgan fingerprint density at radius 2 is 1.93 bits per heavy atom. The van der Waals surface area contributed by atoms with Crippen LogP contribution < -0.4 is 10.1 Å². The maximum atomic E-state index is 12.9. The smallest absolute Gasteiger partial charge is 0.243 e. The number of carbonyl (C=O) groups is 1. The summed E-state index contributed by atoms with van der Waals surface area (Å²) < 4.78 is 32.9. The van der Waals surface area contributed by atoms with Gasteiger partial charge in [-0.3, -0.25) is 4.79 Å². The molecule has 1 aliphatic rings. The molecule has 1 saturated heterocycles. The van der Waals surface area contributed by atoms with Gasteiger partial charge in [0.2, 0.25) is 15.9 Å². The SMILES string of the molecule is Cc1cccc(OCCNC(=O)[C@H]2CCCN(S(=O)(=O)c3ccc(Cl)cc3)C2)c1C. The Bertz CT molecular complexity index is 993. The summed E-state index contributed by atoms with van der Waals surface area (Å²) >= 11 is 5.86. The van der Waals surface area contributed by atoms with Gasteiger partial charge in [-0.05, 0) is 68.1 Å². The molecular weight excluding hydrogens is 424 g/mol. The first-order chi connectivity index (χ1) is 14.3. The Labute approximate surface area is 183 Å². The third-order valence-corrected chi connectivity index (χ3v) is 7.55. The summed E-state index contributed by atoms with van der Waals surface area (Å²) in [5.74, 6) is 0.291. The number of piperidine rings is 1. The lowest BCUT2D eigenvalue weighted by Crippen LogP contribution is -2.45. The molecule has 0 aromatic heterocycles. The van der Waals surface area contributed by atoms with Gasteiger partial charge in [0.1, 0.15) is 12.4 Å². The first-order valence-electron chi connectivity index (χ1n) is 10.0. The molecule has 0 spiro atoms. The van der Waals surface area contributed by atoms with Gasteiger partial charge in [0, 0.05) is 18.1 Å². The maximum Gasteiger partial charge on any atom is 0.243 e. The molecule has 0 bridgehead atoms. The maximum absolute atomic E-state index is 12.9. The molecule has 162 valence electrons. The Balaban J connectivity index is 1.53. The van der Waals surface area contributed by atoms with Crippen LogP contribution in [0.1, 0.15) is 24.0 Å². The quantitative estimate of drug-likeness (QED) is 0.654. The first kappa shape index (κ1) is 22.6. The highest BCUT2D eigenvalue weighted by Crippen LogP contribution is 2.25. The van der Waals surface area contributed by atoms with Crippen LogP contribution in [-0.4, -0.2) is 44.9 Å². The van der Waals surface area contributed by atoms with E-state index in [4.69, 9.17) is 16.3 Å². The van der Waals surface area contributed by atoms with Crippen molar-refractivity contribution in [2.75, 3.05) is 26.2 Å². The molecule has 0 saturated carbocycles. The molecule has 0 unspecified atom stereocenters. The number of halogens is 1. The molecule has 30 heavy (non-hydrogen) atoms. The van der Waals surface area contributed by atoms with E-state index in [1.165, 1.54) is 16.4 Å². The number of rotatable bonds is 7. The summed E-state index contributed by atoms with van der Waals surface area (Å²) in [5.41, 5.74) is 2.24. The summed E-state index contributed by atoms with van der Waals surface area (Å²) in [7, 11) is -3.65. The standard InChI is InChI=1S/C22H27ClN2O4S/c1-16-5-3-7-21(17(16)2)29-14-12-24-22(26)18-6-4-13-25(15-18)30(27,28)20-10-8-19(23)9-11-20/h3,5,7-11,18H,4,6,12-15H2,1-2H3,(H,24,26)/t18-/m0/s1. The van der Waals surface area contributed by atoms with Crippen LogP contribution in [0, 0.1) is 19.8 Å². The van der Waals surface area contributed by atoms with Gasteiger partial charge in [-0.25, -0.2) is 8.42 Å². The van der Waals surface area contributed by atoms with E-state index < -0.39 is 10.0 Å². The van der Waals surface area contributed by atoms with Crippen LogP contribution in [0.15, 0.2) is 47.4 Å². The second-order valence-corrected chi connectivity index (χ2v) is 9.87. The van der Waals surface area contributed by atoms with E-state index in [0.29, 0.717) is 37.6 Å². The summed E-state index contributed by atoms with van der Waals surface area (Å²) in [6.45, 7) is 5.33. The van der Waals surface area contributed by atoms with Gasteiger partial charge in [-0.15, -0.1) is 0 Å². The predicted octanol–water partition coefficient (Wildman–Crippen LogP) is 3.55. The Morgan fingerprint density at radius 3 is 2.67 bits per heavy atom. The van der Waals surface area contributed by atoms with Crippen LogP contribution in [0.25, 0.3) is 0 Å². The van der Waals surface area contributed by atoms with Crippen molar-refractivity contribution in [1.82, 2.24) is 9.62 Å². The molecule has 2 aromatic rings. The number of ether oxygens (including phenoxy) is 1. The largest absolute Gasteiger partial charge is 0.491 e. The molecule has 1 atom stereocenters. The van der Waals surface area contributed by atoms with Crippen LogP contribution in [0.4, 0.5) is 0 Å². The molecule has 6 nitrogen and oxygen atoms in total. The van der Waals surface area contributed by atoms with Gasteiger partial charge in [-0.1, -0.05) is 23.7 Å². The van der Waals surface area contributed by atoms with Crippen molar-refractivity contribution in [3.63, 3.8) is 0 Å². The molecule has 1 amide bonds. The van der Waals surface area contributed by atoms with E-state index in [9.17, 15) is 13.2 Å². The van der Waals surface area contributed by atoms with Crippen LogP contribution >= 0.6 is 11.6 Å². The fourth-order valence-electron chi connectivity index (χ4n) is 3.49. The number of benzene rings is 2. The van der Waals surface area contributed by atoms with Crippen molar-refractivity contribution in [1.29, 1.82) is 0 Å².